The summed E-state index contributed by atoms with van der Waals surface area (Å²) in [4.78, 5) is 12.2. The van der Waals surface area contributed by atoms with Gasteiger partial charge >= 0.3 is 6.36 Å². The number of alkyl halides is 3. The van der Waals surface area contributed by atoms with Crippen LogP contribution in [-0.2, 0) is 10.0 Å². The summed E-state index contributed by atoms with van der Waals surface area (Å²) >= 11 is 0. The van der Waals surface area contributed by atoms with Crippen molar-refractivity contribution in [2.45, 2.75) is 11.3 Å². The Hall–Kier alpha value is -3.60. The molecule has 11 heteroatoms. The lowest BCUT2D eigenvalue weighted by molar-refractivity contribution is -0.274. The van der Waals surface area contributed by atoms with Crippen molar-refractivity contribution in [3.05, 3.63) is 84.2 Å². The average molecular weight is 454 g/mol. The number of amides is 1. The summed E-state index contributed by atoms with van der Waals surface area (Å²) in [7, 11) is -4.24. The molecule has 0 saturated heterocycles. The van der Waals surface area contributed by atoms with Gasteiger partial charge in [0.05, 0.1) is 16.3 Å². The van der Waals surface area contributed by atoms with Gasteiger partial charge in [0.25, 0.3) is 15.9 Å². The number of nitrogens with one attached hydrogen (secondary N) is 2. The molecule has 2 N–H and O–H groups in total. The number of sulfonamides is 1. The summed E-state index contributed by atoms with van der Waals surface area (Å²) in [6, 6.07) is 14.7. The molecule has 0 unspecified atom stereocenters. The van der Waals surface area contributed by atoms with Crippen molar-refractivity contribution in [2.24, 2.45) is 0 Å². The zero-order chi connectivity index (χ0) is 22.6. The molecule has 0 fully saturated rings. The number of para-hydroxylation sites is 3. The molecular weight excluding hydrogens is 440 g/mol. The van der Waals surface area contributed by atoms with Gasteiger partial charge in [0.1, 0.15) is 5.82 Å². The number of ether oxygens (including phenoxy) is 1. The topological polar surface area (TPSA) is 84.5 Å². The van der Waals surface area contributed by atoms with E-state index in [1.807, 2.05) is 0 Å². The Morgan fingerprint density at radius 2 is 1.52 bits per heavy atom. The third-order valence-corrected chi connectivity index (χ3v) is 5.25. The standard InChI is InChI=1S/C20H14F4N2O4S/c21-15-8-1-2-9-16(15)26-31(28,29)14-7-5-6-13(12-14)19(27)25-17-10-3-4-11-18(17)30-20(22,23)24/h1-12,26H,(H,25,27). The highest BCUT2D eigenvalue weighted by Crippen LogP contribution is 2.30. The molecule has 3 aromatic carbocycles. The van der Waals surface area contributed by atoms with Crippen LogP contribution in [0.3, 0.4) is 0 Å². The van der Waals surface area contributed by atoms with Gasteiger partial charge in [0.2, 0.25) is 0 Å². The van der Waals surface area contributed by atoms with Gasteiger partial charge in [-0.3, -0.25) is 9.52 Å². The van der Waals surface area contributed by atoms with Crippen LogP contribution >= 0.6 is 0 Å². The fourth-order valence-electron chi connectivity index (χ4n) is 2.53. The first-order valence-corrected chi connectivity index (χ1v) is 10.1. The lowest BCUT2D eigenvalue weighted by Crippen LogP contribution is -2.20. The second-order valence-corrected chi connectivity index (χ2v) is 7.79. The maximum absolute atomic E-state index is 13.8. The highest BCUT2D eigenvalue weighted by Gasteiger charge is 2.32. The summed E-state index contributed by atoms with van der Waals surface area (Å²) in [6.45, 7) is 0. The molecular formula is C20H14F4N2O4S. The molecule has 1 amide bonds. The molecule has 0 bridgehead atoms. The Balaban J connectivity index is 1.84. The van der Waals surface area contributed by atoms with Gasteiger partial charge in [0.15, 0.2) is 5.75 Å². The van der Waals surface area contributed by atoms with Gasteiger partial charge in [-0.2, -0.15) is 0 Å². The first kappa shape index (κ1) is 22.1. The van der Waals surface area contributed by atoms with E-state index in [-0.39, 0.29) is 21.8 Å². The highest BCUT2D eigenvalue weighted by atomic mass is 32.2. The van der Waals surface area contributed by atoms with E-state index in [0.717, 1.165) is 18.2 Å². The average Bonchev–Trinajstić information content (AvgIpc) is 2.70. The molecule has 0 heterocycles. The first-order valence-electron chi connectivity index (χ1n) is 8.59. The molecule has 6 nitrogen and oxygen atoms in total. The number of hydrogen-bond acceptors (Lipinski definition) is 4. The Morgan fingerprint density at radius 1 is 0.871 bits per heavy atom. The van der Waals surface area contributed by atoms with Gasteiger partial charge in [-0.1, -0.05) is 30.3 Å². The maximum Gasteiger partial charge on any atom is 0.573 e. The van der Waals surface area contributed by atoms with Crippen molar-refractivity contribution in [1.29, 1.82) is 0 Å². The van der Waals surface area contributed by atoms with Crippen LogP contribution in [0, 0.1) is 5.82 Å². The number of rotatable bonds is 6. The van der Waals surface area contributed by atoms with Crippen LogP contribution in [0.2, 0.25) is 0 Å². The van der Waals surface area contributed by atoms with Crippen LogP contribution in [0.15, 0.2) is 77.7 Å². The SMILES string of the molecule is O=C(Nc1ccccc1OC(F)(F)F)c1cccc(S(=O)(=O)Nc2ccccc2F)c1. The minimum Gasteiger partial charge on any atom is -0.404 e. The second-order valence-electron chi connectivity index (χ2n) is 6.11. The number of anilines is 2. The van der Waals surface area contributed by atoms with Gasteiger partial charge in [-0.15, -0.1) is 13.2 Å². The predicted molar refractivity (Wildman–Crippen MR) is 105 cm³/mol. The van der Waals surface area contributed by atoms with E-state index in [1.54, 1.807) is 0 Å². The molecule has 0 spiro atoms. The Bertz CT molecular complexity index is 1210. The van der Waals surface area contributed by atoms with Crippen LogP contribution in [-0.4, -0.2) is 20.7 Å². The van der Waals surface area contributed by atoms with Crippen molar-refractivity contribution >= 4 is 27.3 Å². The Morgan fingerprint density at radius 3 is 2.19 bits per heavy atom. The third kappa shape index (κ3) is 5.72. The van der Waals surface area contributed by atoms with Gasteiger partial charge < -0.3 is 10.1 Å². The lowest BCUT2D eigenvalue weighted by Gasteiger charge is -2.14. The van der Waals surface area contributed by atoms with Gasteiger partial charge in [-0.25, -0.2) is 12.8 Å². The van der Waals surface area contributed by atoms with E-state index >= 15 is 0 Å². The van der Waals surface area contributed by atoms with Crippen molar-refractivity contribution in [3.63, 3.8) is 0 Å². The summed E-state index contributed by atoms with van der Waals surface area (Å²) in [5, 5.41) is 2.25. The molecule has 0 aromatic heterocycles. The number of benzene rings is 3. The second kappa shape index (κ2) is 8.64. The monoisotopic (exact) mass is 454 g/mol. The van der Waals surface area contributed by atoms with Crippen LogP contribution < -0.4 is 14.8 Å². The smallest absolute Gasteiger partial charge is 0.404 e. The zero-order valence-electron chi connectivity index (χ0n) is 15.5. The van der Waals surface area contributed by atoms with Crippen LogP contribution in [0.5, 0.6) is 5.75 Å². The molecule has 3 rings (SSSR count). The molecule has 0 aliphatic rings. The minimum absolute atomic E-state index is 0.154. The Kier molecular flexibility index (Phi) is 6.16. The number of carbonyl (C=O) groups excluding carboxylic acids is 1. The maximum atomic E-state index is 13.8. The van der Waals surface area contributed by atoms with E-state index < -0.39 is 33.9 Å². The van der Waals surface area contributed by atoms with Crippen molar-refractivity contribution in [1.82, 2.24) is 0 Å². The van der Waals surface area contributed by atoms with Gasteiger partial charge in [-0.05, 0) is 42.5 Å². The van der Waals surface area contributed by atoms with Crippen LogP contribution in [0.25, 0.3) is 0 Å². The van der Waals surface area contributed by atoms with E-state index in [0.29, 0.717) is 0 Å². The molecule has 0 aliphatic carbocycles. The fraction of sp³-hybridized carbons (Fsp3) is 0.0500. The van der Waals surface area contributed by atoms with Crippen molar-refractivity contribution in [3.8, 4) is 5.75 Å². The Labute approximate surface area is 174 Å². The van der Waals surface area contributed by atoms with E-state index in [9.17, 15) is 30.8 Å². The molecule has 3 aromatic rings. The van der Waals surface area contributed by atoms with Crippen molar-refractivity contribution in [2.75, 3.05) is 10.0 Å². The number of halogens is 4. The van der Waals surface area contributed by atoms with E-state index in [4.69, 9.17) is 0 Å². The van der Waals surface area contributed by atoms with Crippen LogP contribution in [0.1, 0.15) is 10.4 Å². The molecule has 31 heavy (non-hydrogen) atoms. The normalized spacial score (nSPS) is 11.6. The largest absolute Gasteiger partial charge is 0.573 e. The summed E-state index contributed by atoms with van der Waals surface area (Å²) in [6.07, 6.45) is -4.97. The quantitative estimate of drug-likeness (QED) is 0.525. The summed E-state index contributed by atoms with van der Waals surface area (Å²) in [5.41, 5.74) is -0.698. The van der Waals surface area contributed by atoms with Crippen LogP contribution in [0.4, 0.5) is 28.9 Å². The van der Waals surface area contributed by atoms with E-state index in [1.165, 1.54) is 54.6 Å². The molecule has 162 valence electrons. The summed E-state index contributed by atoms with van der Waals surface area (Å²) in [5.74, 6) is -2.30. The third-order valence-electron chi connectivity index (χ3n) is 3.89. The molecule has 0 saturated carbocycles. The lowest BCUT2D eigenvalue weighted by atomic mass is 10.2. The number of carbonyl (C=O) groups is 1. The fourth-order valence-corrected chi connectivity index (χ4v) is 3.64. The predicted octanol–water partition coefficient (Wildman–Crippen LogP) is 4.78. The molecule has 0 radical (unpaired) electrons. The minimum atomic E-state index is -4.97. The molecule has 0 aliphatic heterocycles. The summed E-state index contributed by atoms with van der Waals surface area (Å²) < 4.78 is 82.4. The molecule has 0 atom stereocenters. The highest BCUT2D eigenvalue weighted by molar-refractivity contribution is 7.92. The van der Waals surface area contributed by atoms with Crippen molar-refractivity contribution < 1.29 is 35.5 Å². The van der Waals surface area contributed by atoms with E-state index in [2.05, 4.69) is 14.8 Å². The zero-order valence-corrected chi connectivity index (χ0v) is 16.3. The van der Waals surface area contributed by atoms with Gasteiger partial charge in [0, 0.05) is 5.56 Å². The number of hydrogen-bond donors (Lipinski definition) is 2. The first-order chi connectivity index (χ1) is 14.5.